The third kappa shape index (κ3) is 8.56. The van der Waals surface area contributed by atoms with Gasteiger partial charge in [0.2, 0.25) is 11.9 Å². The van der Waals surface area contributed by atoms with E-state index in [0.717, 1.165) is 38.1 Å². The first-order valence-corrected chi connectivity index (χ1v) is 13.6. The molecule has 0 aromatic heterocycles. The number of anilines is 1. The molecule has 1 atom stereocenters. The van der Waals surface area contributed by atoms with Crippen molar-refractivity contribution < 1.29 is 23.1 Å². The predicted molar refractivity (Wildman–Crippen MR) is 152 cm³/mol. The molecule has 0 bridgehead atoms. The highest BCUT2D eigenvalue weighted by Crippen LogP contribution is 2.33. The van der Waals surface area contributed by atoms with E-state index >= 15 is 0 Å². The second-order valence-electron chi connectivity index (χ2n) is 9.30. The Kier molecular flexibility index (Phi) is 11.4. The summed E-state index contributed by atoms with van der Waals surface area (Å²) < 4.78 is 40.6. The second-order valence-corrected chi connectivity index (χ2v) is 10.1. The number of amides is 1. The lowest BCUT2D eigenvalue weighted by Crippen LogP contribution is -2.48. The van der Waals surface area contributed by atoms with Gasteiger partial charge in [0.25, 0.3) is 0 Å². The molecule has 0 radical (unpaired) electrons. The maximum Gasteiger partial charge on any atom is 0.416 e. The molecule has 41 heavy (non-hydrogen) atoms. The van der Waals surface area contributed by atoms with Crippen molar-refractivity contribution in [3.8, 4) is 6.19 Å². The number of likely N-dealkylation sites (N-methyl/N-ethyl adjacent to an activating group) is 1. The number of nitrogens with zero attached hydrogens (tertiary/aromatic N) is 4. The summed E-state index contributed by atoms with van der Waals surface area (Å²) in [6.07, 6.45) is -0.872. The van der Waals surface area contributed by atoms with E-state index in [2.05, 4.69) is 20.5 Å². The van der Waals surface area contributed by atoms with Gasteiger partial charge in [0.05, 0.1) is 33.9 Å². The van der Waals surface area contributed by atoms with Crippen molar-refractivity contribution in [2.24, 2.45) is 4.99 Å². The molecule has 1 heterocycles. The molecule has 1 aliphatic rings. The summed E-state index contributed by atoms with van der Waals surface area (Å²) >= 11 is 12.1. The minimum Gasteiger partial charge on any atom is -0.387 e. The number of hydrogen-bond acceptors (Lipinski definition) is 6. The van der Waals surface area contributed by atoms with Gasteiger partial charge in [-0.05, 0) is 68.2 Å². The number of hydrogen-bond donors (Lipinski definition) is 4. The molecule has 4 N–H and O–H groups in total. The minimum atomic E-state index is -4.59. The van der Waals surface area contributed by atoms with Gasteiger partial charge in [-0.15, -0.1) is 0 Å². The second kappa shape index (κ2) is 14.5. The highest BCUT2D eigenvalue weighted by molar-refractivity contribution is 6.42. The Morgan fingerprint density at radius 2 is 1.93 bits per heavy atom. The number of alkyl halides is 3. The van der Waals surface area contributed by atoms with Gasteiger partial charge in [-0.2, -0.15) is 18.4 Å². The number of aliphatic hydroxyl groups is 1. The number of nitrogens with one attached hydrogen (secondary N) is 3. The van der Waals surface area contributed by atoms with E-state index in [0.29, 0.717) is 17.7 Å². The Hall–Kier alpha value is -3.37. The van der Waals surface area contributed by atoms with E-state index in [1.165, 1.54) is 23.1 Å². The molecule has 0 spiro atoms. The fourth-order valence-electron chi connectivity index (χ4n) is 4.52. The van der Waals surface area contributed by atoms with Crippen LogP contribution in [0.2, 0.25) is 10.0 Å². The number of rotatable bonds is 10. The highest BCUT2D eigenvalue weighted by Gasteiger charge is 2.32. The molecule has 0 saturated carbocycles. The van der Waals surface area contributed by atoms with Crippen molar-refractivity contribution in [3.05, 3.63) is 63.1 Å². The summed E-state index contributed by atoms with van der Waals surface area (Å²) in [7, 11) is 0. The van der Waals surface area contributed by atoms with Gasteiger partial charge in [0, 0.05) is 18.8 Å². The predicted octanol–water partition coefficient (Wildman–Crippen LogP) is 4.72. The topological polar surface area (TPSA) is 128 Å². The lowest BCUT2D eigenvalue weighted by Gasteiger charge is -2.30. The van der Waals surface area contributed by atoms with Crippen molar-refractivity contribution in [3.63, 3.8) is 0 Å². The van der Waals surface area contributed by atoms with Crippen LogP contribution in [0, 0.1) is 16.9 Å². The molecule has 9 nitrogen and oxygen atoms in total. The third-order valence-electron chi connectivity index (χ3n) is 6.62. The number of carbonyl (C=O) groups is 1. The first kappa shape index (κ1) is 32.1. The Balaban J connectivity index is 1.98. The molecule has 1 unspecified atom stereocenters. The van der Waals surface area contributed by atoms with Crippen molar-refractivity contribution in [2.45, 2.75) is 38.5 Å². The monoisotopic (exact) mass is 611 g/mol. The summed E-state index contributed by atoms with van der Waals surface area (Å²) in [4.78, 5) is 20.2. The maximum atomic E-state index is 13.5. The van der Waals surface area contributed by atoms with Gasteiger partial charge in [-0.25, -0.2) is 4.99 Å². The highest BCUT2D eigenvalue weighted by atomic mass is 35.5. The Morgan fingerprint density at radius 1 is 1.22 bits per heavy atom. The average molecular weight is 612 g/mol. The lowest BCUT2D eigenvalue weighted by molar-refractivity contribution is -0.137. The fourth-order valence-corrected chi connectivity index (χ4v) is 4.82. The summed E-state index contributed by atoms with van der Waals surface area (Å²) in [5.41, 5.74) is 0.103. The van der Waals surface area contributed by atoms with E-state index in [1.54, 1.807) is 19.2 Å². The summed E-state index contributed by atoms with van der Waals surface area (Å²) in [6.45, 7) is 2.74. The smallest absolute Gasteiger partial charge is 0.387 e. The largest absolute Gasteiger partial charge is 0.416 e. The minimum absolute atomic E-state index is 0.0685. The standard InChI is InChI=1S/C27H30Cl2F3N7O2/c1-2-39(24(41)15-40)23(25(34)17-6-8-20(28)21(29)11-17)13-35-26(36-16-33)37-22-12-19(27(30,31)32)7-5-18(22)14-38-9-3-4-10-38/h5-8,11-12,23,34,40H,2-4,9-10,13-15H2,1H3,(H2,35,36,37). The summed E-state index contributed by atoms with van der Waals surface area (Å²) in [6, 6.07) is 6.86. The zero-order valence-electron chi connectivity index (χ0n) is 22.2. The van der Waals surface area contributed by atoms with Crippen molar-refractivity contribution >= 4 is 46.5 Å². The average Bonchev–Trinajstić information content (AvgIpc) is 3.45. The van der Waals surface area contributed by atoms with Crippen LogP contribution in [0.15, 0.2) is 41.4 Å². The van der Waals surface area contributed by atoms with Gasteiger partial charge < -0.3 is 20.7 Å². The van der Waals surface area contributed by atoms with Crippen LogP contribution in [0.4, 0.5) is 18.9 Å². The molecule has 1 amide bonds. The lowest BCUT2D eigenvalue weighted by atomic mass is 10.0. The number of halogens is 5. The van der Waals surface area contributed by atoms with Crippen LogP contribution in [0.5, 0.6) is 0 Å². The molecule has 1 fully saturated rings. The summed E-state index contributed by atoms with van der Waals surface area (Å²) in [5, 5.41) is 33.3. The quantitative estimate of drug-likeness (QED) is 0.133. The van der Waals surface area contributed by atoms with E-state index in [1.807, 2.05) is 0 Å². The van der Waals surface area contributed by atoms with E-state index in [9.17, 15) is 28.3 Å². The third-order valence-corrected chi connectivity index (χ3v) is 7.35. The Morgan fingerprint density at radius 3 is 2.51 bits per heavy atom. The van der Waals surface area contributed by atoms with Gasteiger partial charge in [0.15, 0.2) is 6.19 Å². The van der Waals surface area contributed by atoms with E-state index < -0.39 is 30.3 Å². The molecule has 0 aliphatic carbocycles. The normalized spacial score (nSPS) is 14.8. The number of carbonyl (C=O) groups excluding carboxylic acids is 1. The number of nitriles is 1. The van der Waals surface area contributed by atoms with Crippen LogP contribution >= 0.6 is 23.2 Å². The van der Waals surface area contributed by atoms with Crippen molar-refractivity contribution in [1.82, 2.24) is 15.1 Å². The zero-order chi connectivity index (χ0) is 30.2. The van der Waals surface area contributed by atoms with Gasteiger partial charge in [-0.1, -0.05) is 35.3 Å². The molecule has 1 saturated heterocycles. The maximum absolute atomic E-state index is 13.5. The molecule has 3 rings (SSSR count). The Bertz CT molecular complexity index is 1320. The van der Waals surface area contributed by atoms with Crippen molar-refractivity contribution in [2.75, 3.05) is 38.1 Å². The van der Waals surface area contributed by atoms with Gasteiger partial charge >= 0.3 is 6.18 Å². The number of guanidine groups is 1. The Labute approximate surface area is 246 Å². The van der Waals surface area contributed by atoms with Crippen LogP contribution < -0.4 is 10.6 Å². The molecule has 1 aliphatic heterocycles. The first-order valence-electron chi connectivity index (χ1n) is 12.8. The van der Waals surface area contributed by atoms with Crippen LogP contribution in [-0.4, -0.2) is 71.3 Å². The number of likely N-dealkylation sites (tertiary alicyclic amines) is 1. The van der Waals surface area contributed by atoms with Gasteiger partial charge in [0.1, 0.15) is 6.61 Å². The fraction of sp³-hybridized carbons (Fsp3) is 0.407. The van der Waals surface area contributed by atoms with Crippen LogP contribution in [0.1, 0.15) is 36.5 Å². The molecular formula is C27H30Cl2F3N7O2. The number of aliphatic imine (C=N–C) groups is 1. The van der Waals surface area contributed by atoms with E-state index in [4.69, 9.17) is 28.6 Å². The molecular weight excluding hydrogens is 582 g/mol. The first-order chi connectivity index (χ1) is 19.5. The van der Waals surface area contributed by atoms with Crippen LogP contribution in [0.3, 0.4) is 0 Å². The summed E-state index contributed by atoms with van der Waals surface area (Å²) in [5.74, 6) is -0.833. The molecule has 220 valence electrons. The zero-order valence-corrected chi connectivity index (χ0v) is 23.7. The molecule has 2 aromatic rings. The van der Waals surface area contributed by atoms with E-state index in [-0.39, 0.29) is 40.5 Å². The SMILES string of the molecule is CCN(C(=O)CO)C(CN=C(NC#N)Nc1cc(C(F)(F)F)ccc1CN1CCCC1)C(=N)c1ccc(Cl)c(Cl)c1. The molecule has 2 aromatic carbocycles. The van der Waals surface area contributed by atoms with Crippen LogP contribution in [-0.2, 0) is 17.5 Å². The number of benzene rings is 2. The van der Waals surface area contributed by atoms with Gasteiger partial charge in [-0.3, -0.25) is 15.0 Å². The van der Waals surface area contributed by atoms with Crippen LogP contribution in [0.25, 0.3) is 0 Å². The number of aliphatic hydroxyl groups excluding tert-OH is 1. The molecule has 14 heteroatoms. The van der Waals surface area contributed by atoms with Crippen molar-refractivity contribution in [1.29, 1.82) is 10.7 Å².